The summed E-state index contributed by atoms with van der Waals surface area (Å²) in [7, 11) is 0. The van der Waals surface area contributed by atoms with Crippen LogP contribution in [0.1, 0.15) is 44.6 Å². The lowest BCUT2D eigenvalue weighted by Crippen LogP contribution is -1.97. The minimum absolute atomic E-state index is 0.806. The Kier molecular flexibility index (Phi) is 3.21. The summed E-state index contributed by atoms with van der Waals surface area (Å²) in [4.78, 5) is 11.2. The number of benzene rings is 2. The third-order valence-corrected chi connectivity index (χ3v) is 4.32. The van der Waals surface area contributed by atoms with Gasteiger partial charge in [0.05, 0.1) is 0 Å². The van der Waals surface area contributed by atoms with Gasteiger partial charge in [-0.3, -0.25) is 4.79 Å². The number of carbonyl (C=O) groups is 1. The van der Waals surface area contributed by atoms with E-state index in [1.165, 1.54) is 45.4 Å². The fourth-order valence-corrected chi connectivity index (χ4v) is 3.63. The number of rotatable bonds is 2. The highest BCUT2D eigenvalue weighted by Crippen LogP contribution is 2.37. The Labute approximate surface area is 120 Å². The molecule has 1 aliphatic rings. The van der Waals surface area contributed by atoms with Crippen molar-refractivity contribution < 1.29 is 4.79 Å². The molecule has 20 heavy (non-hydrogen) atoms. The summed E-state index contributed by atoms with van der Waals surface area (Å²) in [6.45, 7) is 6.48. The lowest BCUT2D eigenvalue weighted by Gasteiger charge is -2.16. The zero-order valence-electron chi connectivity index (χ0n) is 12.4. The summed E-state index contributed by atoms with van der Waals surface area (Å²) < 4.78 is 0. The molecule has 0 heterocycles. The van der Waals surface area contributed by atoms with Crippen molar-refractivity contribution in [3.05, 3.63) is 57.6 Å². The molecule has 2 aromatic rings. The van der Waals surface area contributed by atoms with Crippen molar-refractivity contribution in [3.8, 4) is 11.1 Å². The predicted molar refractivity (Wildman–Crippen MR) is 83.5 cm³/mol. The van der Waals surface area contributed by atoms with Crippen LogP contribution < -0.4 is 0 Å². The van der Waals surface area contributed by atoms with E-state index in [2.05, 4.69) is 45.0 Å². The first-order valence-corrected chi connectivity index (χ1v) is 7.29. The number of fused-ring (bicyclic) bond motifs is 1. The standard InChI is InChI=1S/C19H20O/c1-12-7-13(2)19(14(3)8-12)18-10-15(11-20)9-16-5-4-6-17(16)18/h7-11H,4-6H2,1-3H3. The molecule has 0 atom stereocenters. The van der Waals surface area contributed by atoms with Gasteiger partial charge in [-0.1, -0.05) is 17.7 Å². The summed E-state index contributed by atoms with van der Waals surface area (Å²) in [6, 6.07) is 8.61. The molecule has 0 spiro atoms. The maximum Gasteiger partial charge on any atom is 0.150 e. The molecule has 0 radical (unpaired) electrons. The van der Waals surface area contributed by atoms with Gasteiger partial charge >= 0.3 is 0 Å². The Morgan fingerprint density at radius 1 is 0.950 bits per heavy atom. The number of carbonyl (C=O) groups excluding carboxylic acids is 1. The zero-order chi connectivity index (χ0) is 14.3. The smallest absolute Gasteiger partial charge is 0.150 e. The normalized spacial score (nSPS) is 13.3. The second-order valence-corrected chi connectivity index (χ2v) is 5.95. The van der Waals surface area contributed by atoms with Crippen LogP contribution in [0, 0.1) is 20.8 Å². The van der Waals surface area contributed by atoms with E-state index in [-0.39, 0.29) is 0 Å². The quantitative estimate of drug-likeness (QED) is 0.726. The van der Waals surface area contributed by atoms with Gasteiger partial charge in [-0.2, -0.15) is 0 Å². The minimum atomic E-state index is 0.806. The lowest BCUT2D eigenvalue weighted by molar-refractivity contribution is 0.112. The molecule has 0 unspecified atom stereocenters. The van der Waals surface area contributed by atoms with E-state index in [1.54, 1.807) is 0 Å². The minimum Gasteiger partial charge on any atom is -0.298 e. The van der Waals surface area contributed by atoms with Crippen molar-refractivity contribution in [2.24, 2.45) is 0 Å². The van der Waals surface area contributed by atoms with E-state index in [0.29, 0.717) is 0 Å². The summed E-state index contributed by atoms with van der Waals surface area (Å²) >= 11 is 0. The highest BCUT2D eigenvalue weighted by atomic mass is 16.1. The van der Waals surface area contributed by atoms with E-state index in [0.717, 1.165) is 24.7 Å². The molecule has 1 heteroatoms. The second kappa shape index (κ2) is 4.90. The van der Waals surface area contributed by atoms with Gasteiger partial charge in [-0.15, -0.1) is 0 Å². The monoisotopic (exact) mass is 264 g/mol. The molecule has 0 aromatic heterocycles. The van der Waals surface area contributed by atoms with Crippen molar-refractivity contribution in [1.82, 2.24) is 0 Å². The van der Waals surface area contributed by atoms with Crippen LogP contribution in [0.15, 0.2) is 24.3 Å². The molecule has 3 rings (SSSR count). The average Bonchev–Trinajstić information content (AvgIpc) is 2.85. The predicted octanol–water partition coefficient (Wildman–Crippen LogP) is 4.58. The Balaban J connectivity index is 2.30. The highest BCUT2D eigenvalue weighted by molar-refractivity contribution is 5.83. The summed E-state index contributed by atoms with van der Waals surface area (Å²) in [6.07, 6.45) is 4.42. The largest absolute Gasteiger partial charge is 0.298 e. The van der Waals surface area contributed by atoms with Crippen LogP contribution in [0.3, 0.4) is 0 Å². The van der Waals surface area contributed by atoms with E-state index >= 15 is 0 Å². The molecule has 0 amide bonds. The molecule has 1 nitrogen and oxygen atoms in total. The van der Waals surface area contributed by atoms with E-state index in [4.69, 9.17) is 0 Å². The van der Waals surface area contributed by atoms with Crippen LogP contribution in [-0.2, 0) is 12.8 Å². The highest BCUT2D eigenvalue weighted by Gasteiger charge is 2.19. The topological polar surface area (TPSA) is 17.1 Å². The molecule has 0 saturated heterocycles. The molecular formula is C19H20O. The number of hydrogen-bond donors (Lipinski definition) is 0. The van der Waals surface area contributed by atoms with Gasteiger partial charge in [-0.25, -0.2) is 0 Å². The van der Waals surface area contributed by atoms with Crippen LogP contribution in [-0.4, -0.2) is 6.29 Å². The van der Waals surface area contributed by atoms with E-state index in [1.807, 2.05) is 0 Å². The number of aryl methyl sites for hydroxylation is 4. The summed E-state index contributed by atoms with van der Waals surface area (Å²) in [5.41, 5.74) is 10.1. The van der Waals surface area contributed by atoms with Gasteiger partial charge in [0.25, 0.3) is 0 Å². The van der Waals surface area contributed by atoms with Crippen molar-refractivity contribution in [1.29, 1.82) is 0 Å². The molecular weight excluding hydrogens is 244 g/mol. The van der Waals surface area contributed by atoms with Crippen LogP contribution in [0.4, 0.5) is 0 Å². The Morgan fingerprint density at radius 2 is 1.65 bits per heavy atom. The second-order valence-electron chi connectivity index (χ2n) is 5.95. The molecule has 0 bridgehead atoms. The number of hydrogen-bond acceptors (Lipinski definition) is 1. The maximum absolute atomic E-state index is 11.2. The molecule has 102 valence electrons. The van der Waals surface area contributed by atoms with Crippen LogP contribution in [0.5, 0.6) is 0 Å². The van der Waals surface area contributed by atoms with Gasteiger partial charge in [0.15, 0.2) is 0 Å². The first-order chi connectivity index (χ1) is 9.60. The average molecular weight is 264 g/mol. The fraction of sp³-hybridized carbons (Fsp3) is 0.316. The van der Waals surface area contributed by atoms with Crippen molar-refractivity contribution >= 4 is 6.29 Å². The molecule has 0 aliphatic heterocycles. The first kappa shape index (κ1) is 13.1. The van der Waals surface area contributed by atoms with Gasteiger partial charge in [0, 0.05) is 5.56 Å². The maximum atomic E-state index is 11.2. The van der Waals surface area contributed by atoms with E-state index in [9.17, 15) is 4.79 Å². The van der Waals surface area contributed by atoms with Gasteiger partial charge < -0.3 is 0 Å². The Morgan fingerprint density at radius 3 is 2.30 bits per heavy atom. The van der Waals surface area contributed by atoms with Crippen LogP contribution in [0.2, 0.25) is 0 Å². The van der Waals surface area contributed by atoms with Crippen molar-refractivity contribution in [2.75, 3.05) is 0 Å². The van der Waals surface area contributed by atoms with Crippen LogP contribution in [0.25, 0.3) is 11.1 Å². The van der Waals surface area contributed by atoms with Gasteiger partial charge in [0.1, 0.15) is 6.29 Å². The van der Waals surface area contributed by atoms with Gasteiger partial charge in [0.2, 0.25) is 0 Å². The van der Waals surface area contributed by atoms with E-state index < -0.39 is 0 Å². The van der Waals surface area contributed by atoms with Crippen molar-refractivity contribution in [2.45, 2.75) is 40.0 Å². The summed E-state index contributed by atoms with van der Waals surface area (Å²) in [5, 5.41) is 0. The SMILES string of the molecule is Cc1cc(C)c(-c2cc(C=O)cc3c2CCC3)c(C)c1. The molecule has 0 fully saturated rings. The number of aldehydes is 1. The third kappa shape index (κ3) is 2.07. The van der Waals surface area contributed by atoms with Crippen LogP contribution >= 0.6 is 0 Å². The van der Waals surface area contributed by atoms with Crippen molar-refractivity contribution in [3.63, 3.8) is 0 Å². The zero-order valence-corrected chi connectivity index (χ0v) is 12.4. The fourth-order valence-electron chi connectivity index (χ4n) is 3.63. The Hall–Kier alpha value is -1.89. The first-order valence-electron chi connectivity index (χ1n) is 7.29. The molecule has 0 saturated carbocycles. The molecule has 1 aliphatic carbocycles. The molecule has 2 aromatic carbocycles. The van der Waals surface area contributed by atoms with Gasteiger partial charge in [-0.05, 0) is 85.5 Å². The lowest BCUT2D eigenvalue weighted by atomic mass is 9.88. The molecule has 0 N–H and O–H groups in total. The Bertz CT molecular complexity index is 672. The summed E-state index contributed by atoms with van der Waals surface area (Å²) in [5.74, 6) is 0. The third-order valence-electron chi connectivity index (χ3n) is 4.32.